The Morgan fingerprint density at radius 2 is 2.12 bits per heavy atom. The second-order valence-electron chi connectivity index (χ2n) is 5.68. The molecule has 0 aromatic carbocycles. The van der Waals surface area contributed by atoms with E-state index in [1.165, 1.54) is 25.5 Å². The normalized spacial score (nSPS) is 16.8. The summed E-state index contributed by atoms with van der Waals surface area (Å²) in [5.41, 5.74) is 0. The maximum absolute atomic E-state index is 12.6. The minimum Gasteiger partial charge on any atom is -0.337 e. The van der Waals surface area contributed by atoms with Crippen LogP contribution in [0.15, 0.2) is 29.4 Å². The van der Waals surface area contributed by atoms with Gasteiger partial charge in [-0.2, -0.15) is 4.31 Å². The second kappa shape index (κ2) is 10.9. The van der Waals surface area contributed by atoms with Crippen LogP contribution < -0.4 is 5.32 Å². The molecule has 1 aliphatic rings. The van der Waals surface area contributed by atoms with Crippen molar-refractivity contribution in [3.05, 3.63) is 24.5 Å². The summed E-state index contributed by atoms with van der Waals surface area (Å²) < 4.78 is 26.0. The van der Waals surface area contributed by atoms with Crippen molar-refractivity contribution in [3.63, 3.8) is 0 Å². The van der Waals surface area contributed by atoms with Gasteiger partial charge in [0.1, 0.15) is 4.90 Å². The Bertz CT molecular complexity index is 625. The van der Waals surface area contributed by atoms with Gasteiger partial charge in [0, 0.05) is 38.6 Å². The summed E-state index contributed by atoms with van der Waals surface area (Å²) in [4.78, 5) is 18.3. The number of carbonyl (C=O) groups excluding carboxylic acids is 1. The van der Waals surface area contributed by atoms with Crippen LogP contribution in [-0.4, -0.2) is 67.8 Å². The molecule has 0 bridgehead atoms. The molecule has 10 heteroatoms. The second-order valence-corrected chi connectivity index (χ2v) is 7.73. The Hall–Kier alpha value is -0.930. The molecule has 7 nitrogen and oxygen atoms in total. The van der Waals surface area contributed by atoms with Crippen molar-refractivity contribution >= 4 is 40.7 Å². The van der Waals surface area contributed by atoms with Gasteiger partial charge in [0.05, 0.1) is 6.54 Å². The number of amides is 1. The summed E-state index contributed by atoms with van der Waals surface area (Å²) in [6.45, 7) is 4.16. The number of hydrogen-bond donors (Lipinski definition) is 1. The Morgan fingerprint density at radius 1 is 1.40 bits per heavy atom. The Morgan fingerprint density at radius 3 is 2.64 bits per heavy atom. The van der Waals surface area contributed by atoms with E-state index in [0.29, 0.717) is 6.54 Å². The molecule has 1 aromatic heterocycles. The van der Waals surface area contributed by atoms with Crippen LogP contribution in [0.3, 0.4) is 0 Å². The highest BCUT2D eigenvalue weighted by Gasteiger charge is 2.29. The maximum Gasteiger partial charge on any atom is 0.244 e. The summed E-state index contributed by atoms with van der Waals surface area (Å²) in [7, 11) is -2.27. The number of sulfonamides is 1. The lowest BCUT2D eigenvalue weighted by Gasteiger charge is -2.30. The lowest BCUT2D eigenvalue weighted by molar-refractivity contribution is -0.133. The van der Waals surface area contributed by atoms with Crippen LogP contribution in [0.25, 0.3) is 0 Å². The number of rotatable bonds is 7. The summed E-state index contributed by atoms with van der Waals surface area (Å²) in [6.07, 6.45) is 4.56. The molecule has 1 N–H and O–H groups in total. The molecule has 1 atom stereocenters. The van der Waals surface area contributed by atoms with E-state index in [9.17, 15) is 13.2 Å². The molecule has 1 fully saturated rings. The van der Waals surface area contributed by atoms with Crippen LogP contribution in [0.4, 0.5) is 0 Å². The number of aromatic nitrogens is 1. The van der Waals surface area contributed by atoms with Crippen molar-refractivity contribution < 1.29 is 13.2 Å². The highest BCUT2D eigenvalue weighted by atomic mass is 35.5. The zero-order valence-electron chi connectivity index (χ0n) is 14.4. The lowest BCUT2D eigenvalue weighted by Crippen LogP contribution is -2.47. The third kappa shape index (κ3) is 6.07. The van der Waals surface area contributed by atoms with E-state index in [0.717, 1.165) is 30.2 Å². The first kappa shape index (κ1) is 24.1. The van der Waals surface area contributed by atoms with Crippen molar-refractivity contribution in [1.29, 1.82) is 0 Å². The summed E-state index contributed by atoms with van der Waals surface area (Å²) in [5, 5.41) is 3.24. The number of carbonyl (C=O) groups is 1. The van der Waals surface area contributed by atoms with E-state index >= 15 is 0 Å². The van der Waals surface area contributed by atoms with Crippen LogP contribution in [0.5, 0.6) is 0 Å². The molecule has 0 saturated carbocycles. The SMILES string of the molecule is CCCN(C(=O)CN(C)S(=O)(=O)c1cccnc1)C1CCNC1.Cl.Cl. The fraction of sp³-hybridized carbons (Fsp3) is 0.600. The Kier molecular flexibility index (Phi) is 10.5. The average molecular weight is 413 g/mol. The van der Waals surface area contributed by atoms with Gasteiger partial charge >= 0.3 is 0 Å². The fourth-order valence-corrected chi connectivity index (χ4v) is 3.79. The minimum absolute atomic E-state index is 0. The molecule has 1 aliphatic heterocycles. The summed E-state index contributed by atoms with van der Waals surface area (Å²) in [5.74, 6) is -0.157. The van der Waals surface area contributed by atoms with Crippen LogP contribution in [0, 0.1) is 0 Å². The van der Waals surface area contributed by atoms with E-state index in [2.05, 4.69) is 10.3 Å². The topological polar surface area (TPSA) is 82.6 Å². The Balaban J connectivity index is 0.00000288. The number of nitrogens with one attached hydrogen (secondary N) is 1. The van der Waals surface area contributed by atoms with E-state index in [4.69, 9.17) is 0 Å². The molecule has 0 radical (unpaired) electrons. The maximum atomic E-state index is 12.6. The zero-order chi connectivity index (χ0) is 16.9. The third-order valence-electron chi connectivity index (χ3n) is 3.96. The van der Waals surface area contributed by atoms with E-state index in [1.807, 2.05) is 6.92 Å². The lowest BCUT2D eigenvalue weighted by atomic mass is 10.2. The van der Waals surface area contributed by atoms with Gasteiger partial charge in [-0.3, -0.25) is 9.78 Å². The first-order valence-electron chi connectivity index (χ1n) is 7.83. The van der Waals surface area contributed by atoms with Crippen LogP contribution in [0.2, 0.25) is 0 Å². The first-order chi connectivity index (χ1) is 11.0. The molecule has 1 aromatic rings. The van der Waals surface area contributed by atoms with Gasteiger partial charge in [0.15, 0.2) is 0 Å². The fourth-order valence-electron chi connectivity index (χ4n) is 2.70. The molecule has 1 unspecified atom stereocenters. The first-order valence-corrected chi connectivity index (χ1v) is 9.27. The van der Waals surface area contributed by atoms with Gasteiger partial charge in [-0.05, 0) is 31.5 Å². The summed E-state index contributed by atoms with van der Waals surface area (Å²) >= 11 is 0. The number of nitrogens with zero attached hydrogens (tertiary/aromatic N) is 3. The molecule has 0 aliphatic carbocycles. The summed E-state index contributed by atoms with van der Waals surface area (Å²) in [6, 6.07) is 3.20. The molecule has 2 rings (SSSR count). The third-order valence-corrected chi connectivity index (χ3v) is 5.75. The van der Waals surface area contributed by atoms with Crippen molar-refractivity contribution in [3.8, 4) is 0 Å². The van der Waals surface area contributed by atoms with E-state index in [-0.39, 0.29) is 48.2 Å². The average Bonchev–Trinajstić information content (AvgIpc) is 3.07. The van der Waals surface area contributed by atoms with Crippen LogP contribution in [-0.2, 0) is 14.8 Å². The molecule has 0 spiro atoms. The van der Waals surface area contributed by atoms with Crippen molar-refractivity contribution in [2.75, 3.05) is 33.2 Å². The molecular formula is C15H26Cl2N4O3S. The quantitative estimate of drug-likeness (QED) is 0.725. The minimum atomic E-state index is -3.70. The van der Waals surface area contributed by atoms with Gasteiger partial charge in [-0.15, -0.1) is 24.8 Å². The molecule has 144 valence electrons. The Labute approximate surface area is 162 Å². The smallest absolute Gasteiger partial charge is 0.244 e. The van der Waals surface area contributed by atoms with E-state index in [1.54, 1.807) is 11.0 Å². The molecule has 25 heavy (non-hydrogen) atoms. The molecular weight excluding hydrogens is 387 g/mol. The van der Waals surface area contributed by atoms with Gasteiger partial charge in [-0.25, -0.2) is 8.42 Å². The molecule has 1 amide bonds. The predicted octanol–water partition coefficient (Wildman–Crippen LogP) is 1.15. The number of halogens is 2. The van der Waals surface area contributed by atoms with Crippen molar-refractivity contribution in [1.82, 2.24) is 19.5 Å². The predicted molar refractivity (Wildman–Crippen MR) is 102 cm³/mol. The standard InChI is InChI=1S/C15H24N4O3S.2ClH/c1-3-9-19(13-6-8-17-10-13)15(20)12-18(2)23(21,22)14-5-4-7-16-11-14;;/h4-5,7,11,13,17H,3,6,8-10,12H2,1-2H3;2*1H. The monoisotopic (exact) mass is 412 g/mol. The number of hydrogen-bond acceptors (Lipinski definition) is 5. The van der Waals surface area contributed by atoms with E-state index < -0.39 is 10.0 Å². The highest BCUT2D eigenvalue weighted by molar-refractivity contribution is 7.89. The van der Waals surface area contributed by atoms with Gasteiger partial charge in [-0.1, -0.05) is 6.92 Å². The zero-order valence-corrected chi connectivity index (χ0v) is 16.9. The number of likely N-dealkylation sites (N-methyl/N-ethyl adjacent to an activating group) is 1. The van der Waals surface area contributed by atoms with Gasteiger partial charge in [0.2, 0.25) is 15.9 Å². The molecule has 2 heterocycles. The van der Waals surface area contributed by atoms with Crippen molar-refractivity contribution in [2.24, 2.45) is 0 Å². The number of pyridine rings is 1. The largest absolute Gasteiger partial charge is 0.337 e. The van der Waals surface area contributed by atoms with Gasteiger partial charge in [0.25, 0.3) is 0 Å². The molecule has 1 saturated heterocycles. The van der Waals surface area contributed by atoms with Crippen LogP contribution >= 0.6 is 24.8 Å². The van der Waals surface area contributed by atoms with Crippen molar-refractivity contribution in [2.45, 2.75) is 30.7 Å². The van der Waals surface area contributed by atoms with Crippen LogP contribution in [0.1, 0.15) is 19.8 Å². The van der Waals surface area contributed by atoms with Gasteiger partial charge < -0.3 is 10.2 Å². The highest BCUT2D eigenvalue weighted by Crippen LogP contribution is 2.14.